The van der Waals surface area contributed by atoms with E-state index < -0.39 is 0 Å². The van der Waals surface area contributed by atoms with Crippen LogP contribution in [-0.4, -0.2) is 0 Å². The molecule has 3 aromatic rings. The van der Waals surface area contributed by atoms with E-state index in [1.807, 2.05) is 66.7 Å². The zero-order valence-electron chi connectivity index (χ0n) is 15.5. The van der Waals surface area contributed by atoms with Gasteiger partial charge in [0.2, 0.25) is 0 Å². The summed E-state index contributed by atoms with van der Waals surface area (Å²) in [6.45, 7) is 7.98. The number of nitrogens with zero attached hydrogens (tertiary/aromatic N) is 1. The Balaban J connectivity index is 1.62. The molecule has 0 saturated heterocycles. The molecule has 0 radical (unpaired) electrons. The average molecular weight is 401 g/mol. The molecule has 2 heterocycles. The summed E-state index contributed by atoms with van der Waals surface area (Å²) >= 11 is 6.28. The van der Waals surface area contributed by atoms with Crippen molar-refractivity contribution in [3.8, 4) is 11.5 Å². The van der Waals surface area contributed by atoms with Crippen LogP contribution in [0.1, 0.15) is 0 Å². The van der Waals surface area contributed by atoms with Crippen molar-refractivity contribution in [2.45, 2.75) is 0 Å². The number of allylic oxidation sites excluding steroid dienone is 1. The van der Waals surface area contributed by atoms with Crippen molar-refractivity contribution in [1.29, 1.82) is 0 Å². The minimum Gasteiger partial charge on any atom is -0.453 e. The molecular weight excluding hydrogens is 384 g/mol. The SMILES string of the molecule is C=CC1=C2C(=C)Oc3ccccc3N2c2ccc(Nc3ccccc3Cl)cc2O1. The third-order valence-electron chi connectivity index (χ3n) is 4.82. The number of ether oxygens (including phenoxy) is 2. The zero-order valence-corrected chi connectivity index (χ0v) is 16.2. The van der Waals surface area contributed by atoms with Gasteiger partial charge in [-0.15, -0.1) is 0 Å². The lowest BCUT2D eigenvalue weighted by atomic mass is 10.1. The first kappa shape index (κ1) is 17.5. The Hall–Kier alpha value is -3.63. The van der Waals surface area contributed by atoms with Gasteiger partial charge >= 0.3 is 0 Å². The van der Waals surface area contributed by atoms with Crippen LogP contribution < -0.4 is 19.7 Å². The van der Waals surface area contributed by atoms with Gasteiger partial charge in [0.15, 0.2) is 17.3 Å². The Kier molecular flexibility index (Phi) is 4.07. The number of para-hydroxylation sites is 3. The van der Waals surface area contributed by atoms with Gasteiger partial charge in [-0.25, -0.2) is 0 Å². The van der Waals surface area contributed by atoms with E-state index in [-0.39, 0.29) is 0 Å². The number of anilines is 4. The first-order valence-corrected chi connectivity index (χ1v) is 9.50. The summed E-state index contributed by atoms with van der Waals surface area (Å²) in [5.74, 6) is 2.55. The average Bonchev–Trinajstić information content (AvgIpc) is 2.74. The van der Waals surface area contributed by atoms with Gasteiger partial charge in [-0.1, -0.05) is 49.0 Å². The molecule has 0 spiro atoms. The number of hydrogen-bond donors (Lipinski definition) is 1. The predicted molar refractivity (Wildman–Crippen MR) is 117 cm³/mol. The van der Waals surface area contributed by atoms with E-state index in [4.69, 9.17) is 21.1 Å². The van der Waals surface area contributed by atoms with Crippen LogP contribution in [0.25, 0.3) is 0 Å². The van der Waals surface area contributed by atoms with Crippen LogP contribution in [0, 0.1) is 0 Å². The van der Waals surface area contributed by atoms with Crippen LogP contribution in [0.2, 0.25) is 5.02 Å². The van der Waals surface area contributed by atoms with Gasteiger partial charge in [-0.3, -0.25) is 4.90 Å². The predicted octanol–water partition coefficient (Wildman–Crippen LogP) is 6.92. The maximum atomic E-state index is 6.28. The third-order valence-corrected chi connectivity index (χ3v) is 5.15. The molecule has 5 heteroatoms. The van der Waals surface area contributed by atoms with Gasteiger partial charge in [0.05, 0.1) is 22.1 Å². The quantitative estimate of drug-likeness (QED) is 0.517. The van der Waals surface area contributed by atoms with E-state index in [0.29, 0.717) is 22.3 Å². The molecule has 29 heavy (non-hydrogen) atoms. The molecule has 5 rings (SSSR count). The van der Waals surface area contributed by atoms with Crippen molar-refractivity contribution >= 4 is 34.4 Å². The Morgan fingerprint density at radius 3 is 2.48 bits per heavy atom. The number of hydrogen-bond acceptors (Lipinski definition) is 4. The van der Waals surface area contributed by atoms with Gasteiger partial charge in [0.25, 0.3) is 0 Å². The summed E-state index contributed by atoms with van der Waals surface area (Å²) in [5, 5.41) is 3.99. The normalized spacial score (nSPS) is 14.2. The minimum absolute atomic E-state index is 0.516. The van der Waals surface area contributed by atoms with Gasteiger partial charge in [-0.05, 0) is 42.5 Å². The summed E-state index contributed by atoms with van der Waals surface area (Å²) < 4.78 is 12.1. The molecule has 0 saturated carbocycles. The third kappa shape index (κ3) is 2.85. The fraction of sp³-hybridized carbons (Fsp3) is 0. The lowest BCUT2D eigenvalue weighted by Crippen LogP contribution is -2.30. The molecule has 0 fully saturated rings. The standard InChI is InChI=1S/C24H17ClN2O2/c1-3-21-24-15(2)28-22-11-7-6-10-19(22)27(24)20-13-12-16(14-23(20)29-21)26-18-9-5-4-8-17(18)25/h3-14,26H,1-2H2. The van der Waals surface area contributed by atoms with E-state index in [9.17, 15) is 0 Å². The minimum atomic E-state index is 0.516. The lowest BCUT2D eigenvalue weighted by Gasteiger charge is -2.38. The van der Waals surface area contributed by atoms with Gasteiger partial charge in [-0.2, -0.15) is 0 Å². The maximum absolute atomic E-state index is 6.28. The number of nitrogens with one attached hydrogen (secondary N) is 1. The van der Waals surface area contributed by atoms with Crippen molar-refractivity contribution < 1.29 is 9.47 Å². The van der Waals surface area contributed by atoms with E-state index in [0.717, 1.165) is 34.2 Å². The second-order valence-electron chi connectivity index (χ2n) is 6.63. The Morgan fingerprint density at radius 2 is 1.66 bits per heavy atom. The molecule has 142 valence electrons. The molecule has 2 aliphatic heterocycles. The summed E-state index contributed by atoms with van der Waals surface area (Å²) in [4.78, 5) is 2.09. The van der Waals surface area contributed by atoms with Crippen molar-refractivity contribution in [2.24, 2.45) is 0 Å². The van der Waals surface area contributed by atoms with Gasteiger partial charge < -0.3 is 14.8 Å². The zero-order chi connectivity index (χ0) is 20.0. The second kappa shape index (κ2) is 6.76. The van der Waals surface area contributed by atoms with Crippen molar-refractivity contribution in [1.82, 2.24) is 0 Å². The highest BCUT2D eigenvalue weighted by atomic mass is 35.5. The molecule has 2 aliphatic rings. The fourth-order valence-corrected chi connectivity index (χ4v) is 3.72. The first-order chi connectivity index (χ1) is 14.2. The molecule has 0 bridgehead atoms. The molecule has 4 nitrogen and oxygen atoms in total. The smallest absolute Gasteiger partial charge is 0.154 e. The Labute approximate surface area is 173 Å². The topological polar surface area (TPSA) is 33.7 Å². The van der Waals surface area contributed by atoms with E-state index in [1.54, 1.807) is 6.08 Å². The number of benzene rings is 3. The monoisotopic (exact) mass is 400 g/mol. The number of fused-ring (bicyclic) bond motifs is 5. The number of rotatable bonds is 3. The highest BCUT2D eigenvalue weighted by Gasteiger charge is 2.35. The van der Waals surface area contributed by atoms with Crippen molar-refractivity contribution in [3.05, 3.63) is 108 Å². The number of halogens is 1. The van der Waals surface area contributed by atoms with Crippen LogP contribution in [0.15, 0.2) is 103 Å². The molecule has 1 N–H and O–H groups in total. The van der Waals surface area contributed by atoms with Crippen molar-refractivity contribution in [2.75, 3.05) is 10.2 Å². The van der Waals surface area contributed by atoms with Crippen LogP contribution >= 0.6 is 11.6 Å². The molecular formula is C24H17ClN2O2. The van der Waals surface area contributed by atoms with E-state index in [1.165, 1.54) is 0 Å². The molecule has 0 atom stereocenters. The van der Waals surface area contributed by atoms with Crippen LogP contribution in [-0.2, 0) is 0 Å². The molecule has 3 aromatic carbocycles. The summed E-state index contributed by atoms with van der Waals surface area (Å²) in [5.41, 5.74) is 4.26. The maximum Gasteiger partial charge on any atom is 0.154 e. The summed E-state index contributed by atoms with van der Waals surface area (Å²) in [6, 6.07) is 21.4. The largest absolute Gasteiger partial charge is 0.453 e. The second-order valence-corrected chi connectivity index (χ2v) is 7.04. The first-order valence-electron chi connectivity index (χ1n) is 9.12. The lowest BCUT2D eigenvalue weighted by molar-refractivity contribution is 0.387. The molecule has 0 aromatic heterocycles. The molecule has 0 unspecified atom stereocenters. The highest BCUT2D eigenvalue weighted by molar-refractivity contribution is 6.33. The molecule has 0 amide bonds. The van der Waals surface area contributed by atoms with Gasteiger partial charge in [0.1, 0.15) is 11.5 Å². The van der Waals surface area contributed by atoms with E-state index in [2.05, 4.69) is 23.4 Å². The molecule has 0 aliphatic carbocycles. The summed E-state index contributed by atoms with van der Waals surface area (Å²) in [6.07, 6.45) is 1.67. The Morgan fingerprint density at radius 1 is 0.897 bits per heavy atom. The fourth-order valence-electron chi connectivity index (χ4n) is 3.53. The van der Waals surface area contributed by atoms with Crippen LogP contribution in [0.5, 0.6) is 11.5 Å². The van der Waals surface area contributed by atoms with E-state index >= 15 is 0 Å². The Bertz CT molecular complexity index is 1200. The van der Waals surface area contributed by atoms with Crippen LogP contribution in [0.3, 0.4) is 0 Å². The highest BCUT2D eigenvalue weighted by Crippen LogP contribution is 2.51. The van der Waals surface area contributed by atoms with Gasteiger partial charge in [0, 0.05) is 11.8 Å². The van der Waals surface area contributed by atoms with Crippen LogP contribution in [0.4, 0.5) is 22.7 Å². The van der Waals surface area contributed by atoms with Crippen molar-refractivity contribution in [3.63, 3.8) is 0 Å². The summed E-state index contributed by atoms with van der Waals surface area (Å²) in [7, 11) is 0.